The van der Waals surface area contributed by atoms with Crippen LogP contribution in [0.5, 0.6) is 0 Å². The lowest BCUT2D eigenvalue weighted by atomic mass is 9.95. The van der Waals surface area contributed by atoms with Gasteiger partial charge in [0.05, 0.1) is 11.6 Å². The maximum absolute atomic E-state index is 13.0. The molecule has 1 atom stereocenters. The second-order valence-corrected chi connectivity index (χ2v) is 9.08. The molecule has 0 aromatic heterocycles. The van der Waals surface area contributed by atoms with Gasteiger partial charge >= 0.3 is 6.18 Å². The van der Waals surface area contributed by atoms with Crippen molar-refractivity contribution in [1.82, 2.24) is 15.1 Å². The summed E-state index contributed by atoms with van der Waals surface area (Å²) in [5.74, 6) is 0.841. The van der Waals surface area contributed by atoms with Gasteiger partial charge in [0.2, 0.25) is 5.91 Å². The Hall–Kier alpha value is -2.09. The molecule has 3 aliphatic rings. The van der Waals surface area contributed by atoms with Gasteiger partial charge in [-0.2, -0.15) is 13.2 Å². The van der Waals surface area contributed by atoms with Gasteiger partial charge in [-0.25, -0.2) is 0 Å². The quantitative estimate of drug-likeness (QED) is 0.741. The predicted octanol–water partition coefficient (Wildman–Crippen LogP) is 3.55. The van der Waals surface area contributed by atoms with E-state index >= 15 is 0 Å². The van der Waals surface area contributed by atoms with Crippen molar-refractivity contribution in [3.63, 3.8) is 0 Å². The SMILES string of the molecule is O=C(NCC1CC1)[C@@H](C1CCCC1)N1CCN(C(=O)c2ccc(C(F)(F)F)cc2)CC1. The fourth-order valence-electron chi connectivity index (χ4n) is 4.81. The first-order valence-corrected chi connectivity index (χ1v) is 11.3. The van der Waals surface area contributed by atoms with E-state index in [4.69, 9.17) is 0 Å². The molecule has 1 saturated heterocycles. The Balaban J connectivity index is 1.36. The van der Waals surface area contributed by atoms with Gasteiger partial charge in [0.1, 0.15) is 0 Å². The van der Waals surface area contributed by atoms with Crippen LogP contribution < -0.4 is 5.32 Å². The van der Waals surface area contributed by atoms with E-state index in [1.165, 1.54) is 25.0 Å². The molecule has 0 radical (unpaired) electrons. The van der Waals surface area contributed by atoms with E-state index in [0.717, 1.165) is 44.4 Å². The number of carbonyl (C=O) groups excluding carboxylic acids is 2. The van der Waals surface area contributed by atoms with Crippen LogP contribution in [0.1, 0.15) is 54.4 Å². The van der Waals surface area contributed by atoms with Crippen LogP contribution in [0.25, 0.3) is 0 Å². The van der Waals surface area contributed by atoms with Crippen LogP contribution >= 0.6 is 0 Å². The summed E-state index contributed by atoms with van der Waals surface area (Å²) in [6.45, 7) is 2.90. The third kappa shape index (κ3) is 5.40. The molecule has 3 fully saturated rings. The first-order chi connectivity index (χ1) is 14.8. The number of hydrogen-bond donors (Lipinski definition) is 1. The number of halogens is 3. The van der Waals surface area contributed by atoms with Gasteiger partial charge in [-0.15, -0.1) is 0 Å². The molecule has 0 spiro atoms. The molecule has 2 saturated carbocycles. The van der Waals surface area contributed by atoms with Crippen molar-refractivity contribution in [1.29, 1.82) is 0 Å². The lowest BCUT2D eigenvalue weighted by Crippen LogP contribution is -2.58. The molecule has 8 heteroatoms. The van der Waals surface area contributed by atoms with E-state index in [-0.39, 0.29) is 23.4 Å². The van der Waals surface area contributed by atoms with Gasteiger partial charge < -0.3 is 10.2 Å². The largest absolute Gasteiger partial charge is 0.416 e. The van der Waals surface area contributed by atoms with E-state index in [2.05, 4.69) is 10.2 Å². The first-order valence-electron chi connectivity index (χ1n) is 11.3. The maximum atomic E-state index is 13.0. The van der Waals surface area contributed by atoms with E-state index in [1.807, 2.05) is 0 Å². The Morgan fingerprint density at radius 3 is 2.13 bits per heavy atom. The summed E-state index contributed by atoms with van der Waals surface area (Å²) in [5, 5.41) is 3.14. The molecule has 1 heterocycles. The number of amides is 2. The van der Waals surface area contributed by atoms with Crippen molar-refractivity contribution in [2.45, 2.75) is 50.7 Å². The molecule has 5 nitrogen and oxygen atoms in total. The molecule has 2 amide bonds. The minimum Gasteiger partial charge on any atom is -0.354 e. The number of piperazine rings is 1. The van der Waals surface area contributed by atoms with Crippen molar-refractivity contribution in [3.8, 4) is 0 Å². The lowest BCUT2D eigenvalue weighted by molar-refractivity contribution is -0.137. The monoisotopic (exact) mass is 437 g/mol. The van der Waals surface area contributed by atoms with Gasteiger partial charge in [-0.05, 0) is 61.8 Å². The van der Waals surface area contributed by atoms with Crippen molar-refractivity contribution >= 4 is 11.8 Å². The molecule has 4 rings (SSSR count). The summed E-state index contributed by atoms with van der Waals surface area (Å²) < 4.78 is 38.3. The number of carbonyl (C=O) groups is 2. The zero-order valence-corrected chi connectivity index (χ0v) is 17.7. The van der Waals surface area contributed by atoms with Crippen LogP contribution in [0.15, 0.2) is 24.3 Å². The number of rotatable bonds is 6. The summed E-state index contributed by atoms with van der Waals surface area (Å²) in [6.07, 6.45) is 2.41. The topological polar surface area (TPSA) is 52.7 Å². The van der Waals surface area contributed by atoms with Crippen LogP contribution in [0.4, 0.5) is 13.2 Å². The fourth-order valence-corrected chi connectivity index (χ4v) is 4.81. The number of nitrogens with one attached hydrogen (secondary N) is 1. The van der Waals surface area contributed by atoms with Gasteiger partial charge in [0.15, 0.2) is 0 Å². The highest BCUT2D eigenvalue weighted by Gasteiger charge is 2.38. The molecule has 1 aromatic carbocycles. The maximum Gasteiger partial charge on any atom is 0.416 e. The fraction of sp³-hybridized carbons (Fsp3) is 0.652. The van der Waals surface area contributed by atoms with Gasteiger partial charge in [-0.1, -0.05) is 12.8 Å². The summed E-state index contributed by atoms with van der Waals surface area (Å²) >= 11 is 0. The standard InChI is InChI=1S/C23H30F3N3O2/c24-23(25,26)19-9-7-18(8-10-19)22(31)29-13-11-28(12-14-29)20(17-3-1-2-4-17)21(30)27-15-16-5-6-16/h7-10,16-17,20H,1-6,11-15H2,(H,27,30)/t20-/m1/s1. The number of benzene rings is 1. The highest BCUT2D eigenvalue weighted by atomic mass is 19.4. The van der Waals surface area contributed by atoms with Crippen molar-refractivity contribution in [3.05, 3.63) is 35.4 Å². The normalized spacial score (nSPS) is 21.8. The predicted molar refractivity (Wildman–Crippen MR) is 110 cm³/mol. The average molecular weight is 438 g/mol. The minimum absolute atomic E-state index is 0.112. The van der Waals surface area contributed by atoms with Crippen molar-refractivity contribution < 1.29 is 22.8 Å². The Morgan fingerprint density at radius 2 is 1.58 bits per heavy atom. The number of alkyl halides is 3. The molecular formula is C23H30F3N3O2. The second-order valence-electron chi connectivity index (χ2n) is 9.08. The summed E-state index contributed by atoms with van der Waals surface area (Å²) in [5.41, 5.74) is -0.499. The van der Waals surface area contributed by atoms with Gasteiger partial charge in [-0.3, -0.25) is 14.5 Å². The number of nitrogens with zero attached hydrogens (tertiary/aromatic N) is 2. The molecular weight excluding hydrogens is 407 g/mol. The summed E-state index contributed by atoms with van der Waals surface area (Å²) in [4.78, 5) is 29.6. The summed E-state index contributed by atoms with van der Waals surface area (Å²) in [6, 6.07) is 4.23. The van der Waals surface area contributed by atoms with E-state index in [1.54, 1.807) is 4.90 Å². The highest BCUT2D eigenvalue weighted by molar-refractivity contribution is 5.94. The van der Waals surface area contributed by atoms with E-state index < -0.39 is 11.7 Å². The molecule has 0 bridgehead atoms. The first kappa shape index (κ1) is 22.1. The average Bonchev–Trinajstić information content (AvgIpc) is 3.45. The zero-order chi connectivity index (χ0) is 22.0. The van der Waals surface area contributed by atoms with E-state index in [0.29, 0.717) is 38.0 Å². The van der Waals surface area contributed by atoms with Crippen molar-refractivity contribution in [2.24, 2.45) is 11.8 Å². The lowest BCUT2D eigenvalue weighted by Gasteiger charge is -2.40. The highest BCUT2D eigenvalue weighted by Crippen LogP contribution is 2.32. The Bertz CT molecular complexity index is 778. The molecule has 1 aromatic rings. The van der Waals surface area contributed by atoms with Gasteiger partial charge in [0.25, 0.3) is 5.91 Å². The van der Waals surface area contributed by atoms with Gasteiger partial charge in [0, 0.05) is 38.3 Å². The van der Waals surface area contributed by atoms with Crippen LogP contribution in [-0.4, -0.2) is 60.4 Å². The molecule has 31 heavy (non-hydrogen) atoms. The van der Waals surface area contributed by atoms with Crippen LogP contribution in [0.3, 0.4) is 0 Å². The number of hydrogen-bond acceptors (Lipinski definition) is 3. The van der Waals surface area contributed by atoms with E-state index in [9.17, 15) is 22.8 Å². The zero-order valence-electron chi connectivity index (χ0n) is 17.7. The smallest absolute Gasteiger partial charge is 0.354 e. The third-order valence-corrected chi connectivity index (χ3v) is 6.83. The van der Waals surface area contributed by atoms with Crippen molar-refractivity contribution in [2.75, 3.05) is 32.7 Å². The Kier molecular flexibility index (Phi) is 6.55. The Labute approximate surface area is 181 Å². The second kappa shape index (κ2) is 9.18. The van der Waals surface area contributed by atoms with Crippen LogP contribution in [0.2, 0.25) is 0 Å². The molecule has 1 aliphatic heterocycles. The summed E-state index contributed by atoms with van der Waals surface area (Å²) in [7, 11) is 0. The molecule has 1 N–H and O–H groups in total. The molecule has 170 valence electrons. The minimum atomic E-state index is -4.41. The molecule has 2 aliphatic carbocycles. The Morgan fingerprint density at radius 1 is 0.968 bits per heavy atom. The van der Waals surface area contributed by atoms with Crippen LogP contribution in [0, 0.1) is 11.8 Å². The molecule has 0 unspecified atom stereocenters. The van der Waals surface area contributed by atoms with Crippen LogP contribution in [-0.2, 0) is 11.0 Å². The third-order valence-electron chi connectivity index (χ3n) is 6.83.